The summed E-state index contributed by atoms with van der Waals surface area (Å²) in [5.41, 5.74) is -1.63. The minimum absolute atomic E-state index is 0.0754. The van der Waals surface area contributed by atoms with Gasteiger partial charge in [-0.05, 0) is 12.5 Å². The first-order chi connectivity index (χ1) is 15.8. The smallest absolute Gasteiger partial charge is 0.275 e. The van der Waals surface area contributed by atoms with E-state index < -0.39 is 50.1 Å². The standard InChI is InChI=1S/C21H18ClF2N3O5S/c22-14-12(23)2-1-10(15(14)24)7-25-19(30)11-8-26-13-3-5-32-9-21(13)27(4-6-33-21)20(31)16(26)18(29)17(11)28/h1-2,8,13,29H,3-7,9H2,(H,25,30)/t13-,21-/m1/s1. The van der Waals surface area contributed by atoms with Crippen LogP contribution in [0.1, 0.15) is 38.9 Å². The average molecular weight is 498 g/mol. The van der Waals surface area contributed by atoms with Crippen LogP contribution in [0.5, 0.6) is 5.75 Å². The van der Waals surface area contributed by atoms with E-state index in [1.54, 1.807) is 16.7 Å². The first-order valence-corrected chi connectivity index (χ1v) is 11.5. The summed E-state index contributed by atoms with van der Waals surface area (Å²) < 4.78 is 34.7. The van der Waals surface area contributed by atoms with E-state index in [9.17, 15) is 28.3 Å². The minimum Gasteiger partial charge on any atom is -0.503 e. The van der Waals surface area contributed by atoms with E-state index in [2.05, 4.69) is 5.32 Å². The maximum atomic E-state index is 14.2. The lowest BCUT2D eigenvalue weighted by molar-refractivity contribution is -0.0284. The summed E-state index contributed by atoms with van der Waals surface area (Å²) in [6.07, 6.45) is 1.79. The molecule has 2 N–H and O–H groups in total. The van der Waals surface area contributed by atoms with Crippen LogP contribution in [-0.4, -0.2) is 56.8 Å². The van der Waals surface area contributed by atoms with Crippen molar-refractivity contribution in [2.24, 2.45) is 0 Å². The molecule has 0 unspecified atom stereocenters. The van der Waals surface area contributed by atoms with Gasteiger partial charge in [0.05, 0.1) is 12.6 Å². The van der Waals surface area contributed by atoms with Gasteiger partial charge in [-0.2, -0.15) is 0 Å². The Hall–Kier alpha value is -2.63. The highest BCUT2D eigenvalue weighted by atomic mass is 35.5. The molecule has 12 heteroatoms. The van der Waals surface area contributed by atoms with Gasteiger partial charge < -0.3 is 24.6 Å². The number of pyridine rings is 1. The number of halogens is 3. The Kier molecular flexibility index (Phi) is 5.37. The van der Waals surface area contributed by atoms with Crippen molar-refractivity contribution in [3.8, 4) is 5.75 Å². The van der Waals surface area contributed by atoms with Crippen molar-refractivity contribution >= 4 is 35.2 Å². The van der Waals surface area contributed by atoms with Gasteiger partial charge in [0.1, 0.15) is 27.1 Å². The SMILES string of the molecule is O=C(NCc1ccc(F)c(Cl)c1F)c1cn2c(c(O)c1=O)C(=O)N1CCS[C@@]13COCC[C@@H]23. The Labute approximate surface area is 195 Å². The van der Waals surface area contributed by atoms with Crippen molar-refractivity contribution in [2.75, 3.05) is 25.5 Å². The molecule has 1 spiro atoms. The van der Waals surface area contributed by atoms with Crippen LogP contribution in [0.4, 0.5) is 8.78 Å². The topological polar surface area (TPSA) is 101 Å². The van der Waals surface area contributed by atoms with Crippen LogP contribution in [0.15, 0.2) is 23.1 Å². The van der Waals surface area contributed by atoms with Crippen molar-refractivity contribution in [1.82, 2.24) is 14.8 Å². The maximum absolute atomic E-state index is 14.2. The van der Waals surface area contributed by atoms with Crippen LogP contribution < -0.4 is 10.7 Å². The molecule has 1 aromatic heterocycles. The van der Waals surface area contributed by atoms with Gasteiger partial charge in [0, 0.05) is 37.2 Å². The second kappa shape index (κ2) is 8.00. The molecule has 3 aliphatic rings. The van der Waals surface area contributed by atoms with E-state index in [1.165, 1.54) is 10.8 Å². The maximum Gasteiger partial charge on any atom is 0.275 e. The van der Waals surface area contributed by atoms with Gasteiger partial charge in [0.2, 0.25) is 5.43 Å². The summed E-state index contributed by atoms with van der Waals surface area (Å²) in [6, 6.07) is 1.79. The summed E-state index contributed by atoms with van der Waals surface area (Å²) in [5, 5.41) is 12.3. The monoisotopic (exact) mass is 497 g/mol. The van der Waals surface area contributed by atoms with E-state index in [-0.39, 0.29) is 23.8 Å². The van der Waals surface area contributed by atoms with Crippen LogP contribution in [0, 0.1) is 11.6 Å². The number of carbonyl (C=O) groups is 2. The van der Waals surface area contributed by atoms with E-state index in [1.807, 2.05) is 0 Å². The Morgan fingerprint density at radius 3 is 2.94 bits per heavy atom. The Morgan fingerprint density at radius 2 is 2.15 bits per heavy atom. The Morgan fingerprint density at radius 1 is 1.36 bits per heavy atom. The molecular formula is C21H18ClF2N3O5S. The summed E-state index contributed by atoms with van der Waals surface area (Å²) in [7, 11) is 0. The molecule has 5 rings (SSSR count). The zero-order valence-corrected chi connectivity index (χ0v) is 18.6. The van der Waals surface area contributed by atoms with Gasteiger partial charge in [-0.25, -0.2) is 8.78 Å². The number of carbonyl (C=O) groups excluding carboxylic acids is 2. The summed E-state index contributed by atoms with van der Waals surface area (Å²) >= 11 is 7.14. The summed E-state index contributed by atoms with van der Waals surface area (Å²) in [5.74, 6) is -3.44. The van der Waals surface area contributed by atoms with Crippen LogP contribution in [0.2, 0.25) is 5.02 Å². The number of nitrogens with zero attached hydrogens (tertiary/aromatic N) is 2. The third-order valence-electron chi connectivity index (χ3n) is 6.28. The quantitative estimate of drug-likeness (QED) is 0.631. The average Bonchev–Trinajstić information content (AvgIpc) is 3.23. The van der Waals surface area contributed by atoms with Crippen molar-refractivity contribution in [3.63, 3.8) is 0 Å². The van der Waals surface area contributed by atoms with Crippen molar-refractivity contribution in [2.45, 2.75) is 23.9 Å². The molecule has 0 bridgehead atoms. The minimum atomic E-state index is -1.02. The van der Waals surface area contributed by atoms with Crippen molar-refractivity contribution < 1.29 is 28.2 Å². The number of fused-ring (bicyclic) bond motifs is 2. The first-order valence-electron chi connectivity index (χ1n) is 10.2. The number of hydrogen-bond donors (Lipinski definition) is 2. The number of ether oxygens (including phenoxy) is 1. The van der Waals surface area contributed by atoms with Crippen LogP contribution in [0.25, 0.3) is 0 Å². The highest BCUT2D eigenvalue weighted by molar-refractivity contribution is 8.01. The summed E-state index contributed by atoms with van der Waals surface area (Å²) in [4.78, 5) is 39.7. The number of amides is 2. The molecule has 0 aliphatic carbocycles. The zero-order valence-electron chi connectivity index (χ0n) is 17.1. The molecule has 2 saturated heterocycles. The van der Waals surface area contributed by atoms with Crippen molar-refractivity contribution in [3.05, 3.63) is 62.0 Å². The van der Waals surface area contributed by atoms with Gasteiger partial charge >= 0.3 is 0 Å². The molecule has 33 heavy (non-hydrogen) atoms. The van der Waals surface area contributed by atoms with Crippen LogP contribution >= 0.6 is 23.4 Å². The largest absolute Gasteiger partial charge is 0.503 e. The number of aromatic hydroxyl groups is 1. The number of rotatable bonds is 3. The number of thioether (sulfide) groups is 1. The van der Waals surface area contributed by atoms with Gasteiger partial charge in [-0.1, -0.05) is 17.7 Å². The molecule has 8 nitrogen and oxygen atoms in total. The van der Waals surface area contributed by atoms with Gasteiger partial charge in [0.15, 0.2) is 11.4 Å². The third kappa shape index (κ3) is 3.24. The summed E-state index contributed by atoms with van der Waals surface area (Å²) in [6.45, 7) is 0.821. The molecule has 2 atom stereocenters. The molecule has 2 amide bonds. The normalized spacial score (nSPS) is 23.7. The van der Waals surface area contributed by atoms with E-state index in [4.69, 9.17) is 16.3 Å². The van der Waals surface area contributed by atoms with E-state index in [0.717, 1.165) is 12.1 Å². The zero-order chi connectivity index (χ0) is 23.5. The highest BCUT2D eigenvalue weighted by Crippen LogP contribution is 2.52. The molecule has 0 radical (unpaired) electrons. The predicted molar refractivity (Wildman–Crippen MR) is 116 cm³/mol. The lowest BCUT2D eigenvalue weighted by Crippen LogP contribution is -2.61. The fourth-order valence-electron chi connectivity index (χ4n) is 4.68. The van der Waals surface area contributed by atoms with Crippen LogP contribution in [-0.2, 0) is 11.3 Å². The molecule has 0 saturated carbocycles. The second-order valence-electron chi connectivity index (χ2n) is 8.00. The van der Waals surface area contributed by atoms with Crippen molar-refractivity contribution in [1.29, 1.82) is 0 Å². The molecule has 2 aromatic rings. The fraction of sp³-hybridized carbons (Fsp3) is 0.381. The molecule has 3 aliphatic heterocycles. The van der Waals surface area contributed by atoms with Gasteiger partial charge in [-0.15, -0.1) is 11.8 Å². The number of aromatic nitrogens is 1. The lowest BCUT2D eigenvalue weighted by Gasteiger charge is -2.50. The lowest BCUT2D eigenvalue weighted by atomic mass is 9.95. The first kappa shape index (κ1) is 22.2. The van der Waals surface area contributed by atoms with Gasteiger partial charge in [0.25, 0.3) is 11.8 Å². The predicted octanol–water partition coefficient (Wildman–Crippen LogP) is 2.28. The number of nitrogens with one attached hydrogen (secondary N) is 1. The third-order valence-corrected chi connectivity index (χ3v) is 8.13. The molecule has 1 aromatic carbocycles. The molecular weight excluding hydrogens is 480 g/mol. The molecule has 4 heterocycles. The van der Waals surface area contributed by atoms with Gasteiger partial charge in [-0.3, -0.25) is 14.4 Å². The highest BCUT2D eigenvalue weighted by Gasteiger charge is 2.57. The molecule has 174 valence electrons. The number of hydrogen-bond acceptors (Lipinski definition) is 6. The van der Waals surface area contributed by atoms with Crippen LogP contribution in [0.3, 0.4) is 0 Å². The second-order valence-corrected chi connectivity index (χ2v) is 9.78. The Bertz CT molecular complexity index is 1260. The molecule has 2 fully saturated rings. The fourth-order valence-corrected chi connectivity index (χ4v) is 6.41. The Balaban J connectivity index is 1.52. The number of benzene rings is 1. The van der Waals surface area contributed by atoms with E-state index >= 15 is 0 Å². The van der Waals surface area contributed by atoms with E-state index in [0.29, 0.717) is 31.9 Å².